The maximum absolute atomic E-state index is 12.9. The van der Waals surface area contributed by atoms with Crippen molar-refractivity contribution in [3.05, 3.63) is 29.8 Å². The lowest BCUT2D eigenvalue weighted by Crippen LogP contribution is -2.13. The number of alkyl halides is 1. The van der Waals surface area contributed by atoms with Crippen LogP contribution in [0, 0.1) is 11.6 Å². The highest BCUT2D eigenvalue weighted by molar-refractivity contribution is 9.18. The molecular weight excluding hydrogens is 315 g/mol. The molecule has 0 unspecified atom stereocenters. The Kier molecular flexibility index (Phi) is 5.63. The molecule has 0 atom stereocenters. The number of halogens is 4. The van der Waals surface area contributed by atoms with Crippen LogP contribution in [0.4, 0.5) is 13.2 Å². The summed E-state index contributed by atoms with van der Waals surface area (Å²) in [4.78, 5) is 7.21. The fourth-order valence-electron chi connectivity index (χ4n) is 1.01. The molecule has 0 spiro atoms. The first-order valence-corrected chi connectivity index (χ1v) is 5.54. The van der Waals surface area contributed by atoms with Gasteiger partial charge in [0.15, 0.2) is 4.74 Å². The Bertz CT molecular complexity index is 455. The largest absolute Gasteiger partial charge is 0.424 e. The van der Waals surface area contributed by atoms with Crippen molar-refractivity contribution in [2.24, 2.45) is 15.7 Å². The van der Waals surface area contributed by atoms with Crippen molar-refractivity contribution in [3.8, 4) is 5.75 Å². The van der Waals surface area contributed by atoms with Gasteiger partial charge in [0.25, 0.3) is 0 Å². The van der Waals surface area contributed by atoms with Crippen LogP contribution in [0.2, 0.25) is 0 Å². The van der Waals surface area contributed by atoms with Gasteiger partial charge in [-0.1, -0.05) is 0 Å². The zero-order chi connectivity index (χ0) is 13.5. The zero-order valence-corrected chi connectivity index (χ0v) is 10.6. The van der Waals surface area contributed by atoms with Crippen LogP contribution in [0.25, 0.3) is 0 Å². The number of benzene rings is 1. The summed E-state index contributed by atoms with van der Waals surface area (Å²) in [5.74, 6) is -1.78. The third-order valence-corrected chi connectivity index (χ3v) is 1.76. The number of nitrogens with two attached hydrogens (primary N) is 1. The lowest BCUT2D eigenvalue weighted by Gasteiger charge is -2.05. The predicted octanol–water partition coefficient (Wildman–Crippen LogP) is 2.38. The minimum Gasteiger partial charge on any atom is -0.424 e. The fraction of sp³-hybridized carbons (Fsp3) is 0.200. The Morgan fingerprint density at radius 1 is 1.28 bits per heavy atom. The van der Waals surface area contributed by atoms with Gasteiger partial charge in [-0.3, -0.25) is 0 Å². The highest BCUT2D eigenvalue weighted by Crippen LogP contribution is 2.16. The van der Waals surface area contributed by atoms with E-state index in [9.17, 15) is 13.2 Å². The maximum atomic E-state index is 12.9. The Morgan fingerprint density at radius 2 is 1.89 bits per heavy atom. The van der Waals surface area contributed by atoms with Gasteiger partial charge in [-0.15, -0.1) is 0 Å². The topological polar surface area (TPSA) is 60.0 Å². The molecular formula is C10H9BrF3N3O. The normalized spacial score (nSPS) is 12.7. The Balaban J connectivity index is 2.92. The van der Waals surface area contributed by atoms with Crippen LogP contribution in [-0.2, 0) is 0 Å². The van der Waals surface area contributed by atoms with E-state index in [0.29, 0.717) is 6.07 Å². The third kappa shape index (κ3) is 5.17. The van der Waals surface area contributed by atoms with Gasteiger partial charge in [-0.2, -0.15) is 4.99 Å². The van der Waals surface area contributed by atoms with Crippen LogP contribution >= 0.6 is 15.9 Å². The number of rotatable bonds is 3. The van der Waals surface area contributed by atoms with E-state index in [2.05, 4.69) is 25.9 Å². The van der Waals surface area contributed by atoms with Crippen LogP contribution in [0.5, 0.6) is 5.75 Å². The summed E-state index contributed by atoms with van der Waals surface area (Å²) in [5.41, 5.74) is 5.24. The van der Waals surface area contributed by atoms with Crippen molar-refractivity contribution in [1.82, 2.24) is 0 Å². The molecule has 8 heteroatoms. The zero-order valence-electron chi connectivity index (χ0n) is 9.04. The van der Waals surface area contributed by atoms with Crippen LogP contribution in [0.1, 0.15) is 0 Å². The molecule has 0 amide bonds. The second-order valence-electron chi connectivity index (χ2n) is 3.00. The molecule has 4 nitrogen and oxygen atoms in total. The molecule has 18 heavy (non-hydrogen) atoms. The number of nitrogens with zero attached hydrogens (tertiary/aromatic N) is 2. The van der Waals surface area contributed by atoms with Gasteiger partial charge in [-0.25, -0.2) is 18.2 Å². The molecule has 0 fully saturated rings. The second-order valence-corrected chi connectivity index (χ2v) is 3.81. The average Bonchev–Trinajstić information content (AvgIpc) is 2.23. The first-order chi connectivity index (χ1) is 8.51. The summed E-state index contributed by atoms with van der Waals surface area (Å²) in [6.07, 6.45) is 0. The van der Waals surface area contributed by atoms with E-state index in [1.54, 1.807) is 0 Å². The van der Waals surface area contributed by atoms with Crippen molar-refractivity contribution in [2.45, 2.75) is 0 Å². The quantitative estimate of drug-likeness (QED) is 0.527. The standard InChI is InChI=1S/C10H9BrF3N3O/c11-9(15)17-10(16-2-1-12)18-8-4-6(13)3-7(14)5-8/h3-5H,1-2H2,(H2,15,16,17). The van der Waals surface area contributed by atoms with Crippen LogP contribution < -0.4 is 10.5 Å². The molecule has 2 N–H and O–H groups in total. The monoisotopic (exact) mass is 323 g/mol. The summed E-state index contributed by atoms with van der Waals surface area (Å²) >= 11 is 2.83. The van der Waals surface area contributed by atoms with Crippen LogP contribution in [0.15, 0.2) is 28.2 Å². The second kappa shape index (κ2) is 7.00. The highest BCUT2D eigenvalue weighted by Gasteiger charge is 2.06. The van der Waals surface area contributed by atoms with Gasteiger partial charge in [0.05, 0.1) is 6.54 Å². The lowest BCUT2D eigenvalue weighted by molar-refractivity contribution is 0.487. The third-order valence-electron chi connectivity index (χ3n) is 1.58. The summed E-state index contributed by atoms with van der Waals surface area (Å²) in [6.45, 7) is -0.918. The molecule has 0 aliphatic heterocycles. The van der Waals surface area contributed by atoms with Gasteiger partial charge < -0.3 is 10.5 Å². The number of hydrogen-bond donors (Lipinski definition) is 1. The van der Waals surface area contributed by atoms with Gasteiger partial charge in [0.2, 0.25) is 0 Å². The SMILES string of the molecule is N/C(Br)=N\C(=NCCF)Oc1cc(F)cc(F)c1. The number of ether oxygens (including phenoxy) is 1. The van der Waals surface area contributed by atoms with Gasteiger partial charge in [-0.05, 0) is 15.9 Å². The lowest BCUT2D eigenvalue weighted by atomic mass is 10.3. The van der Waals surface area contributed by atoms with Crippen LogP contribution in [0.3, 0.4) is 0 Å². The average molecular weight is 324 g/mol. The Morgan fingerprint density at radius 3 is 2.39 bits per heavy atom. The smallest absolute Gasteiger partial charge is 0.319 e. The number of aliphatic imine (C=N–C) groups is 2. The van der Waals surface area contributed by atoms with Crippen molar-refractivity contribution in [2.75, 3.05) is 13.2 Å². The highest BCUT2D eigenvalue weighted by atomic mass is 79.9. The molecule has 1 aromatic carbocycles. The van der Waals surface area contributed by atoms with Crippen LogP contribution in [-0.4, -0.2) is 24.0 Å². The molecule has 0 aliphatic carbocycles. The van der Waals surface area contributed by atoms with Crippen molar-refractivity contribution in [1.29, 1.82) is 0 Å². The van der Waals surface area contributed by atoms with Crippen molar-refractivity contribution >= 4 is 26.7 Å². The summed E-state index contributed by atoms with van der Waals surface area (Å²) in [7, 11) is 0. The van der Waals surface area contributed by atoms with Crippen molar-refractivity contribution < 1.29 is 17.9 Å². The molecule has 0 radical (unpaired) electrons. The maximum Gasteiger partial charge on any atom is 0.319 e. The number of hydrogen-bond acceptors (Lipinski definition) is 2. The van der Waals surface area contributed by atoms with E-state index < -0.39 is 18.3 Å². The Hall–Kier alpha value is -1.57. The predicted molar refractivity (Wildman–Crippen MR) is 65.8 cm³/mol. The van der Waals surface area contributed by atoms with Gasteiger partial charge >= 0.3 is 6.02 Å². The van der Waals surface area contributed by atoms with E-state index in [4.69, 9.17) is 10.5 Å². The molecule has 1 rings (SSSR count). The molecule has 0 heterocycles. The molecule has 0 aromatic heterocycles. The summed E-state index contributed by atoms with van der Waals surface area (Å²) in [5, 5.41) is 0. The van der Waals surface area contributed by atoms with E-state index >= 15 is 0 Å². The molecule has 0 saturated heterocycles. The summed E-state index contributed by atoms with van der Waals surface area (Å²) < 4.78 is 42.7. The minimum atomic E-state index is -0.814. The first-order valence-electron chi connectivity index (χ1n) is 4.75. The van der Waals surface area contributed by atoms with Gasteiger partial charge in [0.1, 0.15) is 24.1 Å². The van der Waals surface area contributed by atoms with E-state index in [-0.39, 0.29) is 23.1 Å². The molecule has 98 valence electrons. The van der Waals surface area contributed by atoms with Gasteiger partial charge in [0, 0.05) is 18.2 Å². The first kappa shape index (κ1) is 14.5. The summed E-state index contributed by atoms with van der Waals surface area (Å²) in [6, 6.07) is 2.27. The van der Waals surface area contributed by atoms with E-state index in [0.717, 1.165) is 12.1 Å². The van der Waals surface area contributed by atoms with E-state index in [1.807, 2.05) is 0 Å². The molecule has 0 bridgehead atoms. The molecule has 0 aliphatic rings. The fourth-order valence-corrected chi connectivity index (χ4v) is 1.16. The number of amidine groups is 2. The Labute approximate surface area is 109 Å². The molecule has 1 aromatic rings. The van der Waals surface area contributed by atoms with E-state index in [1.165, 1.54) is 0 Å². The minimum absolute atomic E-state index is 0.0583. The van der Waals surface area contributed by atoms with Crippen molar-refractivity contribution in [3.63, 3.8) is 0 Å². The molecule has 0 saturated carbocycles.